The Kier molecular flexibility index (Phi) is 8.45. The van der Waals surface area contributed by atoms with E-state index in [0.717, 1.165) is 5.56 Å². The molecule has 30 heavy (non-hydrogen) atoms. The van der Waals surface area contributed by atoms with Gasteiger partial charge in [0.05, 0.1) is 27.9 Å². The van der Waals surface area contributed by atoms with Gasteiger partial charge in [-0.3, -0.25) is 4.90 Å². The van der Waals surface area contributed by atoms with Crippen LogP contribution in [0, 0.1) is 0 Å². The molecule has 0 amide bonds. The van der Waals surface area contributed by atoms with Gasteiger partial charge in [0.1, 0.15) is 11.8 Å². The fraction of sp³-hybridized carbons (Fsp3) is 0.650. The summed E-state index contributed by atoms with van der Waals surface area (Å²) in [6.45, 7) is 5.72. The molecule has 1 heterocycles. The van der Waals surface area contributed by atoms with Gasteiger partial charge in [-0.2, -0.15) is 13.2 Å². The number of halogens is 3. The molecule has 1 unspecified atom stereocenters. The molecule has 0 radical (unpaired) electrons. The minimum atomic E-state index is -4.22. The molecule has 1 saturated heterocycles. The lowest BCUT2D eigenvalue weighted by molar-refractivity contribution is -0.181. The van der Waals surface area contributed by atoms with Crippen LogP contribution in [0.5, 0.6) is 17.2 Å². The third-order valence-electron chi connectivity index (χ3n) is 5.16. The summed E-state index contributed by atoms with van der Waals surface area (Å²) in [5.41, 5.74) is 0.815. The molecule has 1 aromatic carbocycles. The first-order valence-electron chi connectivity index (χ1n) is 9.88. The van der Waals surface area contributed by atoms with Crippen LogP contribution in [0.4, 0.5) is 13.2 Å². The maximum absolute atomic E-state index is 13.0. The second-order valence-electron chi connectivity index (χ2n) is 6.93. The molecule has 0 aromatic heterocycles. The molecule has 0 bridgehead atoms. The van der Waals surface area contributed by atoms with Crippen LogP contribution in [0.1, 0.15) is 19.4 Å². The molecule has 2 rings (SSSR count). The van der Waals surface area contributed by atoms with Crippen LogP contribution >= 0.6 is 0 Å². The van der Waals surface area contributed by atoms with Crippen LogP contribution in [0.2, 0.25) is 0 Å². The van der Waals surface area contributed by atoms with Crippen molar-refractivity contribution in [3.63, 3.8) is 0 Å². The Morgan fingerprint density at radius 1 is 1.03 bits per heavy atom. The summed E-state index contributed by atoms with van der Waals surface area (Å²) in [7, 11) is 4.68. The van der Waals surface area contributed by atoms with Gasteiger partial charge in [-0.05, 0) is 19.9 Å². The van der Waals surface area contributed by atoms with Crippen molar-refractivity contribution in [3.05, 3.63) is 17.7 Å². The number of rotatable bonds is 7. The molecular formula is C20H31F3N4O3. The Labute approximate surface area is 175 Å². The number of aliphatic imine (C=N–C) groups is 1. The van der Waals surface area contributed by atoms with Crippen molar-refractivity contribution in [2.75, 3.05) is 54.1 Å². The molecule has 1 aliphatic heterocycles. The summed E-state index contributed by atoms with van der Waals surface area (Å²) >= 11 is 0. The zero-order valence-electron chi connectivity index (χ0n) is 18.2. The van der Waals surface area contributed by atoms with Gasteiger partial charge in [-0.1, -0.05) is 0 Å². The molecule has 1 aromatic rings. The summed E-state index contributed by atoms with van der Waals surface area (Å²) in [6.07, 6.45) is -4.22. The van der Waals surface area contributed by atoms with E-state index in [0.29, 0.717) is 62.5 Å². The first kappa shape index (κ1) is 23.9. The van der Waals surface area contributed by atoms with Crippen molar-refractivity contribution in [1.29, 1.82) is 0 Å². The van der Waals surface area contributed by atoms with E-state index in [1.807, 2.05) is 17.9 Å². The average molecular weight is 432 g/mol. The first-order chi connectivity index (χ1) is 14.2. The molecule has 0 spiro atoms. The quantitative estimate of drug-likeness (QED) is 0.528. The summed E-state index contributed by atoms with van der Waals surface area (Å²) in [5, 5.41) is 3.22. The number of guanidine groups is 1. The molecule has 7 nitrogen and oxygen atoms in total. The normalized spacial score (nSPS) is 16.9. The van der Waals surface area contributed by atoms with Gasteiger partial charge in [0.2, 0.25) is 0 Å². The van der Waals surface area contributed by atoms with Gasteiger partial charge >= 0.3 is 6.18 Å². The molecule has 1 fully saturated rings. The maximum atomic E-state index is 13.0. The highest BCUT2D eigenvalue weighted by Crippen LogP contribution is 2.35. The van der Waals surface area contributed by atoms with Crippen LogP contribution in [0.3, 0.4) is 0 Å². The Balaban J connectivity index is 2.14. The number of alkyl halides is 3. The summed E-state index contributed by atoms with van der Waals surface area (Å²) in [6, 6.07) is 2.11. The fourth-order valence-electron chi connectivity index (χ4n) is 3.33. The summed E-state index contributed by atoms with van der Waals surface area (Å²) in [5.74, 6) is 2.41. The molecule has 0 saturated carbocycles. The summed E-state index contributed by atoms with van der Waals surface area (Å²) < 4.78 is 55.1. The van der Waals surface area contributed by atoms with Gasteiger partial charge in [0.25, 0.3) is 0 Å². The number of hydrogen-bond donors (Lipinski definition) is 1. The largest absolute Gasteiger partial charge is 0.496 e. The van der Waals surface area contributed by atoms with Crippen molar-refractivity contribution in [1.82, 2.24) is 15.1 Å². The highest BCUT2D eigenvalue weighted by molar-refractivity contribution is 5.80. The molecule has 170 valence electrons. The van der Waals surface area contributed by atoms with Crippen LogP contribution < -0.4 is 19.5 Å². The van der Waals surface area contributed by atoms with E-state index < -0.39 is 12.2 Å². The van der Waals surface area contributed by atoms with E-state index in [1.165, 1.54) is 11.8 Å². The van der Waals surface area contributed by atoms with Gasteiger partial charge in [0, 0.05) is 44.4 Å². The molecule has 0 aliphatic carbocycles. The lowest BCUT2D eigenvalue weighted by Crippen LogP contribution is -2.56. The highest BCUT2D eigenvalue weighted by Gasteiger charge is 2.41. The average Bonchev–Trinajstić information content (AvgIpc) is 2.74. The minimum Gasteiger partial charge on any atom is -0.496 e. The van der Waals surface area contributed by atoms with Crippen molar-refractivity contribution in [2.45, 2.75) is 32.6 Å². The predicted molar refractivity (Wildman–Crippen MR) is 110 cm³/mol. The van der Waals surface area contributed by atoms with Crippen molar-refractivity contribution >= 4 is 5.96 Å². The van der Waals surface area contributed by atoms with Crippen molar-refractivity contribution in [3.8, 4) is 17.2 Å². The number of methoxy groups -OCH3 is 3. The lowest BCUT2D eigenvalue weighted by Gasteiger charge is -2.39. The molecule has 10 heteroatoms. The molecule has 1 atom stereocenters. The number of nitrogens with one attached hydrogen (secondary N) is 1. The molecular weight excluding hydrogens is 401 g/mol. The lowest BCUT2D eigenvalue weighted by atomic mass is 10.1. The van der Waals surface area contributed by atoms with Gasteiger partial charge < -0.3 is 24.4 Å². The maximum Gasteiger partial charge on any atom is 0.403 e. The standard InChI is InChI=1S/C20H31F3N4O3/c1-6-24-19(27-9-7-26(8-10-27)14(2)20(21,22)23)25-13-15-11-17(29-4)18(30-5)12-16(15)28-3/h11-12,14H,6-10,13H2,1-5H3,(H,24,25). The number of hydrogen-bond acceptors (Lipinski definition) is 5. The van der Waals surface area contributed by atoms with Gasteiger partial charge in [-0.15, -0.1) is 0 Å². The van der Waals surface area contributed by atoms with Crippen molar-refractivity contribution in [2.24, 2.45) is 4.99 Å². The number of nitrogens with zero attached hydrogens (tertiary/aromatic N) is 3. The Hall–Kier alpha value is -2.36. The second-order valence-corrected chi connectivity index (χ2v) is 6.93. The number of piperazine rings is 1. The van der Waals surface area contributed by atoms with Gasteiger partial charge in [0.15, 0.2) is 17.5 Å². The van der Waals surface area contributed by atoms with E-state index in [4.69, 9.17) is 14.2 Å². The number of ether oxygens (including phenoxy) is 3. The highest BCUT2D eigenvalue weighted by atomic mass is 19.4. The minimum absolute atomic E-state index is 0.324. The predicted octanol–water partition coefficient (Wildman–Crippen LogP) is 2.75. The first-order valence-corrected chi connectivity index (χ1v) is 9.88. The summed E-state index contributed by atoms with van der Waals surface area (Å²) in [4.78, 5) is 8.12. The SMILES string of the molecule is CCNC(=NCc1cc(OC)c(OC)cc1OC)N1CCN(C(C)C(F)(F)F)CC1. The van der Waals surface area contributed by atoms with Crippen LogP contribution in [0.15, 0.2) is 17.1 Å². The van der Waals surface area contributed by atoms with E-state index in [-0.39, 0.29) is 0 Å². The smallest absolute Gasteiger partial charge is 0.403 e. The second kappa shape index (κ2) is 10.6. The van der Waals surface area contributed by atoms with E-state index in [1.54, 1.807) is 27.4 Å². The van der Waals surface area contributed by atoms with Crippen molar-refractivity contribution < 1.29 is 27.4 Å². The van der Waals surface area contributed by atoms with E-state index in [2.05, 4.69) is 10.3 Å². The third-order valence-corrected chi connectivity index (χ3v) is 5.16. The third kappa shape index (κ3) is 5.84. The van der Waals surface area contributed by atoms with Crippen LogP contribution in [0.25, 0.3) is 0 Å². The van der Waals surface area contributed by atoms with E-state index >= 15 is 0 Å². The zero-order chi connectivity index (χ0) is 22.3. The van der Waals surface area contributed by atoms with Crippen LogP contribution in [-0.4, -0.2) is 82.0 Å². The Bertz CT molecular complexity index is 720. The number of benzene rings is 1. The Morgan fingerprint density at radius 3 is 2.10 bits per heavy atom. The monoisotopic (exact) mass is 432 g/mol. The Morgan fingerprint density at radius 2 is 1.60 bits per heavy atom. The molecule has 1 N–H and O–H groups in total. The zero-order valence-corrected chi connectivity index (χ0v) is 18.2. The van der Waals surface area contributed by atoms with Gasteiger partial charge in [-0.25, -0.2) is 4.99 Å². The van der Waals surface area contributed by atoms with E-state index in [9.17, 15) is 13.2 Å². The fourth-order valence-corrected chi connectivity index (χ4v) is 3.33. The topological polar surface area (TPSA) is 58.6 Å². The van der Waals surface area contributed by atoms with Crippen LogP contribution in [-0.2, 0) is 6.54 Å². The molecule has 1 aliphatic rings.